The van der Waals surface area contributed by atoms with Crippen molar-refractivity contribution in [2.45, 2.75) is 33.7 Å². The number of carbonyl (C=O) groups excluding carboxylic acids is 3. The van der Waals surface area contributed by atoms with E-state index in [0.29, 0.717) is 17.7 Å². The normalized spacial score (nSPS) is 10.5. The highest BCUT2D eigenvalue weighted by Crippen LogP contribution is 2.33. The van der Waals surface area contributed by atoms with Crippen LogP contribution in [0.25, 0.3) is 0 Å². The van der Waals surface area contributed by atoms with Crippen LogP contribution in [-0.2, 0) is 16.1 Å². The lowest BCUT2D eigenvalue weighted by Crippen LogP contribution is -2.21. The van der Waals surface area contributed by atoms with Gasteiger partial charge in [-0.15, -0.1) is 11.3 Å². The summed E-state index contributed by atoms with van der Waals surface area (Å²) < 4.78 is 6.28. The second-order valence-electron chi connectivity index (χ2n) is 5.87. The summed E-state index contributed by atoms with van der Waals surface area (Å²) in [5, 5.41) is 17.2. The van der Waals surface area contributed by atoms with Gasteiger partial charge in [0.2, 0.25) is 5.91 Å². The first-order valence-electron chi connectivity index (χ1n) is 8.24. The molecule has 0 aliphatic rings. The molecule has 0 saturated carbocycles. The molecular weight excluding hydrogens is 390 g/mol. The van der Waals surface area contributed by atoms with Crippen LogP contribution in [0.4, 0.5) is 10.8 Å². The van der Waals surface area contributed by atoms with Gasteiger partial charge < -0.3 is 25.9 Å². The van der Waals surface area contributed by atoms with E-state index in [4.69, 9.17) is 10.5 Å². The van der Waals surface area contributed by atoms with Crippen LogP contribution in [0.1, 0.15) is 44.6 Å². The predicted molar refractivity (Wildman–Crippen MR) is 100 cm³/mol. The fourth-order valence-electron chi connectivity index (χ4n) is 2.39. The predicted octanol–water partition coefficient (Wildman–Crippen LogP) is 1.77. The van der Waals surface area contributed by atoms with Crippen molar-refractivity contribution in [2.24, 2.45) is 5.73 Å². The number of esters is 1. The van der Waals surface area contributed by atoms with Gasteiger partial charge in [-0.05, 0) is 30.8 Å². The van der Waals surface area contributed by atoms with Gasteiger partial charge in [0, 0.05) is 0 Å². The molecule has 2 amide bonds. The number of hydrogen-bond donors (Lipinski definition) is 2. The van der Waals surface area contributed by atoms with E-state index >= 15 is 0 Å². The minimum Gasteiger partial charge on any atom is -0.462 e. The Morgan fingerprint density at radius 2 is 2.07 bits per heavy atom. The molecule has 0 atom stereocenters. The molecule has 28 heavy (non-hydrogen) atoms. The summed E-state index contributed by atoms with van der Waals surface area (Å²) in [5.74, 6) is -2.37. The zero-order valence-corrected chi connectivity index (χ0v) is 16.3. The Morgan fingerprint density at radius 1 is 1.39 bits per heavy atom. The lowest BCUT2D eigenvalue weighted by molar-refractivity contribution is -0.389. The van der Waals surface area contributed by atoms with E-state index in [1.807, 2.05) is 6.92 Å². The quantitative estimate of drug-likeness (QED) is 0.382. The third-order valence-electron chi connectivity index (χ3n) is 3.71. The number of hydrogen-bond acceptors (Lipinski definition) is 8. The molecule has 0 bridgehead atoms. The van der Waals surface area contributed by atoms with E-state index in [2.05, 4.69) is 10.4 Å². The van der Waals surface area contributed by atoms with Gasteiger partial charge in [-0.1, -0.05) is 6.92 Å². The number of aromatic nitrogens is 2. The largest absolute Gasteiger partial charge is 0.462 e. The molecular formula is C16H19N5O6S. The second-order valence-corrected chi connectivity index (χ2v) is 6.89. The molecule has 0 unspecified atom stereocenters. The summed E-state index contributed by atoms with van der Waals surface area (Å²) in [4.78, 5) is 46.6. The second kappa shape index (κ2) is 8.61. The molecule has 0 aromatic carbocycles. The van der Waals surface area contributed by atoms with Gasteiger partial charge in [0.15, 0.2) is 0 Å². The standard InChI is InChI=1S/C16H19N5O6S/c1-4-5-27-16(24)12-9(3)13(14(17)23)28-15(12)18-11(22)7-20-8(2)6-10(19-20)21(25)26/h6H,4-5,7H2,1-3H3,(H2,17,23)(H,18,22). The Morgan fingerprint density at radius 3 is 2.61 bits per heavy atom. The monoisotopic (exact) mass is 409 g/mol. The van der Waals surface area contributed by atoms with E-state index in [9.17, 15) is 24.5 Å². The number of thiophene rings is 1. The van der Waals surface area contributed by atoms with E-state index in [-0.39, 0.29) is 34.4 Å². The van der Waals surface area contributed by atoms with Crippen LogP contribution in [0.5, 0.6) is 0 Å². The number of amides is 2. The number of anilines is 1. The minimum atomic E-state index is -0.730. The fraction of sp³-hybridized carbons (Fsp3) is 0.375. The van der Waals surface area contributed by atoms with Crippen molar-refractivity contribution >= 4 is 39.9 Å². The number of nitrogens with two attached hydrogens (primary N) is 1. The Bertz CT molecular complexity index is 948. The molecule has 12 heteroatoms. The fourth-order valence-corrected chi connectivity index (χ4v) is 3.46. The number of nitro groups is 1. The van der Waals surface area contributed by atoms with Crippen LogP contribution < -0.4 is 11.1 Å². The molecule has 2 rings (SSSR count). The maximum atomic E-state index is 12.4. The lowest BCUT2D eigenvalue weighted by Gasteiger charge is -2.07. The van der Waals surface area contributed by atoms with Gasteiger partial charge in [-0.2, -0.15) is 4.68 Å². The molecule has 0 aliphatic heterocycles. The first-order valence-corrected chi connectivity index (χ1v) is 9.06. The third-order valence-corrected chi connectivity index (χ3v) is 4.94. The van der Waals surface area contributed by atoms with E-state index in [1.54, 1.807) is 6.92 Å². The first kappa shape index (κ1) is 21.0. The maximum Gasteiger partial charge on any atom is 0.390 e. The first-order chi connectivity index (χ1) is 13.1. The molecule has 3 N–H and O–H groups in total. The van der Waals surface area contributed by atoms with E-state index < -0.39 is 22.7 Å². The molecule has 0 radical (unpaired) electrons. The summed E-state index contributed by atoms with van der Waals surface area (Å²) in [7, 11) is 0. The van der Waals surface area contributed by atoms with Crippen molar-refractivity contribution in [1.29, 1.82) is 0 Å². The zero-order chi connectivity index (χ0) is 21.0. The topological polar surface area (TPSA) is 159 Å². The lowest BCUT2D eigenvalue weighted by atomic mass is 10.1. The summed E-state index contributed by atoms with van der Waals surface area (Å²) in [6, 6.07) is 1.24. The third kappa shape index (κ3) is 4.52. The summed E-state index contributed by atoms with van der Waals surface area (Å²) >= 11 is 0.864. The SMILES string of the molecule is CCCOC(=O)c1c(NC(=O)Cn2nc([N+](=O)[O-])cc2C)sc(C(N)=O)c1C. The van der Waals surface area contributed by atoms with Crippen molar-refractivity contribution in [3.8, 4) is 0 Å². The number of rotatable bonds is 8. The molecule has 2 aromatic rings. The molecule has 0 spiro atoms. The van der Waals surface area contributed by atoms with Crippen molar-refractivity contribution in [3.63, 3.8) is 0 Å². The van der Waals surface area contributed by atoms with Crippen molar-refractivity contribution in [2.75, 3.05) is 11.9 Å². The van der Waals surface area contributed by atoms with Gasteiger partial charge in [0.05, 0.1) is 33.9 Å². The van der Waals surface area contributed by atoms with Crippen molar-refractivity contribution in [1.82, 2.24) is 9.78 Å². The number of aryl methyl sites for hydroxylation is 1. The molecule has 150 valence electrons. The van der Waals surface area contributed by atoms with Crippen LogP contribution in [0, 0.1) is 24.0 Å². The van der Waals surface area contributed by atoms with Gasteiger partial charge in [0.1, 0.15) is 11.5 Å². The molecule has 11 nitrogen and oxygen atoms in total. The summed E-state index contributed by atoms with van der Waals surface area (Å²) in [6.45, 7) is 4.81. The number of carbonyl (C=O) groups is 3. The number of nitrogens with zero attached hydrogens (tertiary/aromatic N) is 3. The molecule has 2 aromatic heterocycles. The highest BCUT2D eigenvalue weighted by molar-refractivity contribution is 7.18. The zero-order valence-electron chi connectivity index (χ0n) is 15.5. The average molecular weight is 409 g/mol. The smallest absolute Gasteiger partial charge is 0.390 e. The van der Waals surface area contributed by atoms with Crippen LogP contribution in [0.2, 0.25) is 0 Å². The number of ether oxygens (including phenoxy) is 1. The maximum absolute atomic E-state index is 12.4. The summed E-state index contributed by atoms with van der Waals surface area (Å²) in [6.07, 6.45) is 0.608. The number of primary amides is 1. The van der Waals surface area contributed by atoms with Gasteiger partial charge in [-0.25, -0.2) is 4.79 Å². The molecule has 0 saturated heterocycles. The van der Waals surface area contributed by atoms with E-state index in [0.717, 1.165) is 16.0 Å². The van der Waals surface area contributed by atoms with Crippen LogP contribution in [-0.4, -0.2) is 39.1 Å². The van der Waals surface area contributed by atoms with E-state index in [1.165, 1.54) is 13.0 Å². The molecule has 0 fully saturated rings. The van der Waals surface area contributed by atoms with Crippen LogP contribution in [0.3, 0.4) is 0 Å². The van der Waals surface area contributed by atoms with Crippen LogP contribution >= 0.6 is 11.3 Å². The molecule has 2 heterocycles. The Labute approximate surface area is 163 Å². The van der Waals surface area contributed by atoms with Crippen LogP contribution in [0.15, 0.2) is 6.07 Å². The van der Waals surface area contributed by atoms with Gasteiger partial charge in [-0.3, -0.25) is 9.59 Å². The Balaban J connectivity index is 2.27. The highest BCUT2D eigenvalue weighted by Gasteiger charge is 2.26. The van der Waals surface area contributed by atoms with Gasteiger partial charge >= 0.3 is 11.8 Å². The highest BCUT2D eigenvalue weighted by atomic mass is 32.1. The number of nitrogens with one attached hydrogen (secondary N) is 1. The van der Waals surface area contributed by atoms with Gasteiger partial charge in [0.25, 0.3) is 5.91 Å². The minimum absolute atomic E-state index is 0.0590. The van der Waals surface area contributed by atoms with Crippen molar-refractivity contribution < 1.29 is 24.0 Å². The van der Waals surface area contributed by atoms with Crippen molar-refractivity contribution in [3.05, 3.63) is 37.9 Å². The average Bonchev–Trinajstić information content (AvgIpc) is 3.13. The molecule has 0 aliphatic carbocycles. The Kier molecular flexibility index (Phi) is 6.46. The summed E-state index contributed by atoms with van der Waals surface area (Å²) in [5.41, 5.74) is 6.13. The Hall–Kier alpha value is -3.28.